The summed E-state index contributed by atoms with van der Waals surface area (Å²) in [6.45, 7) is 16.5. The first-order chi connectivity index (χ1) is 37.9. The molecular formula is C72H48N2O3. The maximum Gasteiger partial charge on any atom is 0.187 e. The van der Waals surface area contributed by atoms with Crippen molar-refractivity contribution in [2.75, 3.05) is 7.11 Å². The van der Waals surface area contributed by atoms with Gasteiger partial charge in [-0.25, -0.2) is 9.69 Å². The van der Waals surface area contributed by atoms with E-state index in [0.717, 1.165) is 106 Å². The van der Waals surface area contributed by atoms with Gasteiger partial charge >= 0.3 is 0 Å². The van der Waals surface area contributed by atoms with Crippen molar-refractivity contribution in [3.05, 3.63) is 337 Å². The summed E-state index contributed by atoms with van der Waals surface area (Å²) >= 11 is 0. The zero-order valence-corrected chi connectivity index (χ0v) is 42.1. The van der Waals surface area contributed by atoms with Crippen molar-refractivity contribution in [2.24, 2.45) is 0 Å². The van der Waals surface area contributed by atoms with Gasteiger partial charge in [0, 0.05) is 0 Å². The van der Waals surface area contributed by atoms with E-state index in [4.69, 9.17) is 17.9 Å². The van der Waals surface area contributed by atoms with Crippen LogP contribution >= 0.6 is 0 Å². The number of methoxy groups -OCH3 is 1. The molecule has 0 bridgehead atoms. The predicted molar refractivity (Wildman–Crippen MR) is 307 cm³/mol. The van der Waals surface area contributed by atoms with E-state index in [-0.39, 0.29) is 13.2 Å². The molecule has 2 atom stereocenters. The van der Waals surface area contributed by atoms with Crippen LogP contribution in [-0.2, 0) is 29.5 Å². The summed E-state index contributed by atoms with van der Waals surface area (Å²) in [6, 6.07) is 84.4. The number of fused-ring (bicyclic) bond motifs is 10. The minimum Gasteiger partial charge on any atom is -0.497 e. The molecule has 364 valence electrons. The average molecular weight is 989 g/mol. The highest BCUT2D eigenvalue weighted by molar-refractivity contribution is 5.98. The van der Waals surface area contributed by atoms with Gasteiger partial charge in [0.1, 0.15) is 5.75 Å². The highest BCUT2D eigenvalue weighted by atomic mass is 16.5. The molecule has 0 radical (unpaired) electrons. The van der Waals surface area contributed by atoms with Crippen LogP contribution in [-0.4, -0.2) is 17.3 Å². The summed E-state index contributed by atoms with van der Waals surface area (Å²) in [5, 5.41) is 23.0. The van der Waals surface area contributed by atoms with Gasteiger partial charge in [-0.2, -0.15) is 0 Å². The normalized spacial score (nSPS) is 16.8. The van der Waals surface area contributed by atoms with Crippen molar-refractivity contribution in [2.45, 2.75) is 29.5 Å². The van der Waals surface area contributed by atoms with Gasteiger partial charge < -0.3 is 14.9 Å². The molecule has 0 heterocycles. The van der Waals surface area contributed by atoms with Crippen molar-refractivity contribution in [1.82, 2.24) is 0 Å². The Morgan fingerprint density at radius 1 is 0.351 bits per heavy atom. The molecule has 5 heteroatoms. The number of rotatable bonds is 9. The average Bonchev–Trinajstić information content (AvgIpc) is 4.28. The molecule has 77 heavy (non-hydrogen) atoms. The van der Waals surface area contributed by atoms with E-state index in [2.05, 4.69) is 210 Å². The molecule has 2 unspecified atom stereocenters. The van der Waals surface area contributed by atoms with Crippen LogP contribution in [0.25, 0.3) is 53.8 Å². The Morgan fingerprint density at radius 2 is 0.727 bits per heavy atom. The second kappa shape index (κ2) is 17.5. The smallest absolute Gasteiger partial charge is 0.187 e. The molecule has 11 aromatic rings. The molecule has 0 spiro atoms. The van der Waals surface area contributed by atoms with E-state index < -0.39 is 16.2 Å². The molecule has 0 amide bonds. The van der Waals surface area contributed by atoms with Crippen molar-refractivity contribution < 1.29 is 14.9 Å². The fourth-order valence-corrected chi connectivity index (χ4v) is 13.9. The first-order valence-electron chi connectivity index (χ1n) is 26.0. The third kappa shape index (κ3) is 6.28. The first-order valence-corrected chi connectivity index (χ1v) is 26.0. The standard InChI is InChI=1S/C72H48N2O3/c1-73-53-31-36-61-59-14-4-8-16-63(59)70(68(61)41-53,48-24-20-45(43-75)21-25-48)51-30-35-56-47(38-51)39-52(71(49-26-22-46(44-76)23-27-49)64-17-9-5-15-60(64)62-37-32-54(74-2)42-69(62)71)40-67(56)72(50-28-33-55(77-3)34-29-50)65-18-10-6-12-57(65)58-13-7-11-19-66(58)72/h4-42,75-76H,43-44H2,3H3. The summed E-state index contributed by atoms with van der Waals surface area (Å²) in [5.41, 5.74) is 19.6. The van der Waals surface area contributed by atoms with Crippen LogP contribution in [0.2, 0.25) is 0 Å². The number of hydrogen-bond acceptors (Lipinski definition) is 3. The number of benzene rings is 11. The van der Waals surface area contributed by atoms with Gasteiger partial charge in [0.2, 0.25) is 0 Å². The third-order valence-corrected chi connectivity index (χ3v) is 17.2. The second-order valence-electron chi connectivity index (χ2n) is 20.5. The SMILES string of the molecule is [C-]#[N+]c1ccc2c(c1)C(c1ccc(CO)cc1)(c1ccc3c(C4(c5ccc(OC)cc5)c5ccccc5-c5ccccc54)cc(C4(c5ccc(CO)cc5)c5ccccc5-c5ccc([N+]#[C-])cc54)cc3c1)c1ccccc1-2. The second-order valence-corrected chi connectivity index (χ2v) is 20.5. The Morgan fingerprint density at radius 3 is 1.17 bits per heavy atom. The van der Waals surface area contributed by atoms with Crippen LogP contribution in [0.4, 0.5) is 11.4 Å². The van der Waals surface area contributed by atoms with E-state index in [0.29, 0.717) is 11.4 Å². The quantitative estimate of drug-likeness (QED) is 0.142. The molecule has 2 N–H and O–H groups in total. The van der Waals surface area contributed by atoms with Crippen molar-refractivity contribution >= 4 is 22.1 Å². The van der Waals surface area contributed by atoms with Crippen LogP contribution in [0, 0.1) is 13.1 Å². The fourth-order valence-electron chi connectivity index (χ4n) is 13.9. The van der Waals surface area contributed by atoms with E-state index in [1.165, 1.54) is 22.3 Å². The van der Waals surface area contributed by atoms with E-state index >= 15 is 0 Å². The molecular weight excluding hydrogens is 941 g/mol. The largest absolute Gasteiger partial charge is 0.497 e. The molecule has 3 aliphatic rings. The lowest BCUT2D eigenvalue weighted by molar-refractivity contribution is 0.281. The van der Waals surface area contributed by atoms with E-state index in [1.54, 1.807) is 7.11 Å². The lowest BCUT2D eigenvalue weighted by Gasteiger charge is -2.39. The maximum absolute atomic E-state index is 10.5. The molecule has 0 aliphatic heterocycles. The molecule has 5 nitrogen and oxygen atoms in total. The van der Waals surface area contributed by atoms with Crippen molar-refractivity contribution in [1.29, 1.82) is 0 Å². The van der Waals surface area contributed by atoms with Crippen LogP contribution < -0.4 is 4.74 Å². The van der Waals surface area contributed by atoms with Gasteiger partial charge in [-0.05, 0) is 146 Å². The molecule has 0 aromatic heterocycles. The number of aliphatic hydroxyl groups is 2. The molecule has 0 fully saturated rings. The zero-order valence-electron chi connectivity index (χ0n) is 42.1. The summed E-state index contributed by atoms with van der Waals surface area (Å²) in [7, 11) is 1.71. The molecule has 0 saturated heterocycles. The van der Waals surface area contributed by atoms with Crippen LogP contribution in [0.5, 0.6) is 5.75 Å². The van der Waals surface area contributed by atoms with E-state index in [9.17, 15) is 10.2 Å². The number of aliphatic hydroxyl groups excluding tert-OH is 2. The summed E-state index contributed by atoms with van der Waals surface area (Å²) in [4.78, 5) is 8.07. The maximum atomic E-state index is 10.5. The summed E-state index contributed by atoms with van der Waals surface area (Å²) in [6.07, 6.45) is 0. The Labute approximate surface area is 447 Å². The Bertz CT molecular complexity index is 4260. The van der Waals surface area contributed by atoms with Crippen molar-refractivity contribution in [3.8, 4) is 39.1 Å². The van der Waals surface area contributed by atoms with Gasteiger partial charge in [0.25, 0.3) is 0 Å². The Hall–Kier alpha value is -9.62. The van der Waals surface area contributed by atoms with Gasteiger partial charge in [-0.1, -0.05) is 212 Å². The molecule has 14 rings (SSSR count). The van der Waals surface area contributed by atoms with Gasteiger partial charge in [0.15, 0.2) is 11.4 Å². The van der Waals surface area contributed by atoms with Crippen LogP contribution in [0.15, 0.2) is 237 Å². The number of hydrogen-bond donors (Lipinski definition) is 2. The van der Waals surface area contributed by atoms with Gasteiger partial charge in [-0.15, -0.1) is 0 Å². The lowest BCUT2D eigenvalue weighted by atomic mass is 9.62. The highest BCUT2D eigenvalue weighted by Gasteiger charge is 2.52. The van der Waals surface area contributed by atoms with Crippen LogP contribution in [0.1, 0.15) is 77.9 Å². The summed E-state index contributed by atoms with van der Waals surface area (Å²) in [5.74, 6) is 0.766. The molecule has 11 aromatic carbocycles. The monoisotopic (exact) mass is 988 g/mol. The Kier molecular flexibility index (Phi) is 10.4. The fraction of sp³-hybridized carbons (Fsp3) is 0.0833. The lowest BCUT2D eigenvalue weighted by Crippen LogP contribution is -2.32. The first kappa shape index (κ1) is 46.0. The molecule has 3 aliphatic carbocycles. The van der Waals surface area contributed by atoms with Crippen molar-refractivity contribution in [3.63, 3.8) is 0 Å². The number of nitrogens with zero attached hydrogens (tertiary/aromatic N) is 2. The minimum atomic E-state index is -0.951. The van der Waals surface area contributed by atoms with Gasteiger partial charge in [0.05, 0.1) is 49.7 Å². The highest BCUT2D eigenvalue weighted by Crippen LogP contribution is 2.63. The summed E-state index contributed by atoms with van der Waals surface area (Å²) < 4.78 is 5.85. The van der Waals surface area contributed by atoms with Gasteiger partial charge in [-0.3, -0.25) is 0 Å². The predicted octanol–water partition coefficient (Wildman–Crippen LogP) is 16.0. The van der Waals surface area contributed by atoms with Crippen LogP contribution in [0.3, 0.4) is 0 Å². The Balaban J connectivity index is 1.19. The molecule has 0 saturated carbocycles. The zero-order chi connectivity index (χ0) is 52.0. The third-order valence-electron chi connectivity index (χ3n) is 17.2. The number of ether oxygens (including phenoxy) is 1. The minimum absolute atomic E-state index is 0.0832. The topological polar surface area (TPSA) is 58.4 Å². The van der Waals surface area contributed by atoms with E-state index in [1.807, 2.05) is 36.4 Å².